The van der Waals surface area contributed by atoms with Gasteiger partial charge >= 0.3 is 0 Å². The van der Waals surface area contributed by atoms with Crippen LogP contribution in [0.5, 0.6) is 0 Å². The third-order valence-corrected chi connectivity index (χ3v) is 5.25. The Kier molecular flexibility index (Phi) is 4.75. The van der Waals surface area contributed by atoms with Gasteiger partial charge in [-0.15, -0.1) is 11.3 Å². The molecule has 2 heterocycles. The van der Waals surface area contributed by atoms with Gasteiger partial charge in [-0.05, 0) is 39.8 Å². The van der Waals surface area contributed by atoms with Crippen molar-refractivity contribution < 1.29 is 14.3 Å². The molecular weight excluding hydrogens is 358 g/mol. The van der Waals surface area contributed by atoms with Crippen LogP contribution in [0.1, 0.15) is 32.6 Å². The predicted molar refractivity (Wildman–Crippen MR) is 99.7 cm³/mol. The van der Waals surface area contributed by atoms with Gasteiger partial charge in [0, 0.05) is 22.9 Å². The minimum absolute atomic E-state index is 0.0898. The van der Waals surface area contributed by atoms with E-state index in [1.807, 2.05) is 38.1 Å². The Hall–Kier alpha value is -1.69. The van der Waals surface area contributed by atoms with Crippen molar-refractivity contribution >= 4 is 28.7 Å². The second-order valence-electron chi connectivity index (χ2n) is 6.92. The van der Waals surface area contributed by atoms with Crippen molar-refractivity contribution in [3.8, 4) is 10.6 Å². The summed E-state index contributed by atoms with van der Waals surface area (Å²) in [5.74, 6) is 0.450. The minimum Gasteiger partial charge on any atom is -0.489 e. The van der Waals surface area contributed by atoms with E-state index in [0.29, 0.717) is 17.4 Å². The van der Waals surface area contributed by atoms with Crippen molar-refractivity contribution in [3.63, 3.8) is 0 Å². The molecule has 0 amide bonds. The van der Waals surface area contributed by atoms with Gasteiger partial charge in [0.05, 0.1) is 4.88 Å². The lowest BCUT2D eigenvalue weighted by Crippen LogP contribution is -2.48. The first-order chi connectivity index (χ1) is 11.7. The second kappa shape index (κ2) is 6.56. The lowest BCUT2D eigenvalue weighted by atomic mass is 9.93. The zero-order valence-corrected chi connectivity index (χ0v) is 16.2. The third kappa shape index (κ3) is 3.94. The molecule has 3 rings (SSSR count). The van der Waals surface area contributed by atoms with Crippen LogP contribution in [0.4, 0.5) is 0 Å². The molecule has 0 saturated carbocycles. The quantitative estimate of drug-likeness (QED) is 0.750. The van der Waals surface area contributed by atoms with Gasteiger partial charge in [-0.2, -0.15) is 0 Å². The summed E-state index contributed by atoms with van der Waals surface area (Å²) >= 11 is 7.47. The predicted octanol–water partition coefficient (Wildman–Crippen LogP) is 5.02. The number of aromatic nitrogens is 1. The number of halogens is 1. The highest BCUT2D eigenvalue weighted by atomic mass is 35.5. The summed E-state index contributed by atoms with van der Waals surface area (Å²) in [6.45, 7) is 7.69. The van der Waals surface area contributed by atoms with Crippen molar-refractivity contribution in [2.75, 3.05) is 0 Å². The molecule has 0 spiro atoms. The standard InChI is InChI=1S/C19H20ClNO3S/c1-18(2)15(22)9-16(19(3,4)24-18)23-11-14-10-21-17(25-14)12-5-7-13(20)8-6-12/h5-10H,11H2,1-4H3. The molecule has 0 radical (unpaired) electrons. The van der Waals surface area contributed by atoms with E-state index in [2.05, 4.69) is 4.98 Å². The minimum atomic E-state index is -0.831. The van der Waals surface area contributed by atoms with Gasteiger partial charge in [0.25, 0.3) is 0 Å². The van der Waals surface area contributed by atoms with Crippen LogP contribution in [-0.4, -0.2) is 22.0 Å². The third-order valence-electron chi connectivity index (χ3n) is 3.97. The van der Waals surface area contributed by atoms with E-state index in [1.54, 1.807) is 37.5 Å². The van der Waals surface area contributed by atoms with Crippen molar-refractivity contribution in [1.29, 1.82) is 0 Å². The Bertz CT molecular complexity index is 821. The van der Waals surface area contributed by atoms with E-state index in [1.165, 1.54) is 0 Å². The Morgan fingerprint density at radius 1 is 1.16 bits per heavy atom. The van der Waals surface area contributed by atoms with E-state index in [4.69, 9.17) is 21.1 Å². The first kappa shape index (κ1) is 18.1. The number of carbonyl (C=O) groups is 1. The molecule has 2 aromatic rings. The first-order valence-electron chi connectivity index (χ1n) is 7.98. The van der Waals surface area contributed by atoms with E-state index in [9.17, 15) is 4.79 Å². The monoisotopic (exact) mass is 377 g/mol. The fraction of sp³-hybridized carbons (Fsp3) is 0.368. The highest BCUT2D eigenvalue weighted by molar-refractivity contribution is 7.15. The maximum atomic E-state index is 12.1. The summed E-state index contributed by atoms with van der Waals surface area (Å²) in [6.07, 6.45) is 3.34. The molecule has 1 aromatic heterocycles. The molecule has 0 atom stereocenters. The molecule has 0 bridgehead atoms. The van der Waals surface area contributed by atoms with E-state index in [0.717, 1.165) is 15.4 Å². The number of ketones is 1. The molecule has 25 heavy (non-hydrogen) atoms. The average molecular weight is 378 g/mol. The van der Waals surface area contributed by atoms with Crippen LogP contribution in [0.15, 0.2) is 42.3 Å². The first-order valence-corrected chi connectivity index (χ1v) is 9.17. The van der Waals surface area contributed by atoms with Crippen LogP contribution in [0.25, 0.3) is 10.6 Å². The van der Waals surface area contributed by atoms with Crippen LogP contribution in [-0.2, 0) is 20.9 Å². The normalized spacial score (nSPS) is 18.8. The molecule has 132 valence electrons. The SMILES string of the molecule is CC1(C)OC(C)(C)C(OCc2cnc(-c3ccc(Cl)cc3)s2)=CC1=O. The lowest BCUT2D eigenvalue weighted by Gasteiger charge is -2.39. The summed E-state index contributed by atoms with van der Waals surface area (Å²) in [5.41, 5.74) is -0.470. The summed E-state index contributed by atoms with van der Waals surface area (Å²) in [4.78, 5) is 17.5. The smallest absolute Gasteiger partial charge is 0.190 e. The van der Waals surface area contributed by atoms with Crippen LogP contribution < -0.4 is 0 Å². The van der Waals surface area contributed by atoms with Gasteiger partial charge in [0.2, 0.25) is 0 Å². The van der Waals surface area contributed by atoms with Crippen molar-refractivity contribution in [2.24, 2.45) is 0 Å². The zero-order valence-electron chi connectivity index (χ0n) is 14.6. The molecule has 1 aliphatic rings. The maximum Gasteiger partial charge on any atom is 0.190 e. The molecule has 0 saturated heterocycles. The van der Waals surface area contributed by atoms with Crippen LogP contribution in [0.2, 0.25) is 5.02 Å². The topological polar surface area (TPSA) is 48.4 Å². The number of rotatable bonds is 4. The number of hydrogen-bond acceptors (Lipinski definition) is 5. The zero-order chi connectivity index (χ0) is 18.2. The summed E-state index contributed by atoms with van der Waals surface area (Å²) in [7, 11) is 0. The van der Waals surface area contributed by atoms with Gasteiger partial charge in [0.1, 0.15) is 28.6 Å². The Morgan fingerprint density at radius 3 is 2.52 bits per heavy atom. The average Bonchev–Trinajstić information content (AvgIpc) is 2.98. The summed E-state index contributed by atoms with van der Waals surface area (Å²) < 4.78 is 11.8. The number of ether oxygens (including phenoxy) is 2. The molecule has 0 N–H and O–H groups in total. The van der Waals surface area contributed by atoms with Crippen LogP contribution >= 0.6 is 22.9 Å². The van der Waals surface area contributed by atoms with Crippen molar-refractivity contribution in [3.05, 3.63) is 52.2 Å². The fourth-order valence-corrected chi connectivity index (χ4v) is 3.63. The van der Waals surface area contributed by atoms with Crippen molar-refractivity contribution in [1.82, 2.24) is 4.98 Å². The van der Waals surface area contributed by atoms with Crippen LogP contribution in [0.3, 0.4) is 0 Å². The van der Waals surface area contributed by atoms with E-state index < -0.39 is 11.2 Å². The lowest BCUT2D eigenvalue weighted by molar-refractivity contribution is -0.163. The van der Waals surface area contributed by atoms with Gasteiger partial charge in [0.15, 0.2) is 5.78 Å². The highest BCUT2D eigenvalue weighted by Crippen LogP contribution is 2.35. The second-order valence-corrected chi connectivity index (χ2v) is 8.47. The molecule has 1 aromatic carbocycles. The molecule has 6 heteroatoms. The number of hydrogen-bond donors (Lipinski definition) is 0. The van der Waals surface area contributed by atoms with Gasteiger partial charge in [-0.1, -0.05) is 23.7 Å². The van der Waals surface area contributed by atoms with Gasteiger partial charge in [-0.25, -0.2) is 4.98 Å². The number of benzene rings is 1. The maximum absolute atomic E-state index is 12.1. The molecule has 0 aliphatic carbocycles. The van der Waals surface area contributed by atoms with E-state index in [-0.39, 0.29) is 5.78 Å². The fourth-order valence-electron chi connectivity index (χ4n) is 2.67. The highest BCUT2D eigenvalue weighted by Gasteiger charge is 2.42. The summed E-state index contributed by atoms with van der Waals surface area (Å²) in [6, 6.07) is 7.56. The molecule has 4 nitrogen and oxygen atoms in total. The number of nitrogens with zero attached hydrogens (tertiary/aromatic N) is 1. The Balaban J connectivity index is 1.72. The molecular formula is C19H20ClNO3S. The molecule has 0 unspecified atom stereocenters. The number of carbonyl (C=O) groups excluding carboxylic acids is 1. The number of thiazole rings is 1. The van der Waals surface area contributed by atoms with Crippen LogP contribution in [0, 0.1) is 0 Å². The Labute approximate surface area is 156 Å². The van der Waals surface area contributed by atoms with Gasteiger partial charge < -0.3 is 9.47 Å². The molecule has 1 aliphatic heterocycles. The Morgan fingerprint density at radius 2 is 1.84 bits per heavy atom. The van der Waals surface area contributed by atoms with E-state index >= 15 is 0 Å². The van der Waals surface area contributed by atoms with Crippen molar-refractivity contribution in [2.45, 2.75) is 45.5 Å². The summed E-state index contributed by atoms with van der Waals surface area (Å²) in [5, 5.41) is 1.60. The molecule has 0 fully saturated rings. The largest absolute Gasteiger partial charge is 0.489 e. The van der Waals surface area contributed by atoms with Gasteiger partial charge in [-0.3, -0.25) is 4.79 Å².